The molecule has 0 atom stereocenters. The molecule has 0 aliphatic heterocycles. The Kier molecular flexibility index (Phi) is 5.23. The molecule has 0 radical (unpaired) electrons. The van der Waals surface area contributed by atoms with Gasteiger partial charge < -0.3 is 10.1 Å². The van der Waals surface area contributed by atoms with E-state index in [9.17, 15) is 10.1 Å². The van der Waals surface area contributed by atoms with Crippen LogP contribution in [-0.4, -0.2) is 31.7 Å². The molecule has 0 aliphatic rings. The summed E-state index contributed by atoms with van der Waals surface area (Å²) in [6, 6.07) is 3.36. The number of hydrogen-bond donors (Lipinski definition) is 1. The lowest BCUT2D eigenvalue weighted by Crippen LogP contribution is -2.21. The Hall–Kier alpha value is -0.980. The first-order chi connectivity index (χ1) is 7.24. The molecule has 0 aliphatic carbocycles. The van der Waals surface area contributed by atoms with Gasteiger partial charge >= 0.3 is 5.00 Å². The van der Waals surface area contributed by atoms with Crippen molar-refractivity contribution in [3.8, 4) is 0 Å². The third kappa shape index (κ3) is 4.37. The van der Waals surface area contributed by atoms with Gasteiger partial charge in [-0.3, -0.25) is 10.1 Å². The smallest absolute Gasteiger partial charge is 0.324 e. The van der Waals surface area contributed by atoms with Gasteiger partial charge in [0.05, 0.1) is 11.5 Å². The number of nitrogens with zero attached hydrogens (tertiary/aromatic N) is 1. The summed E-state index contributed by atoms with van der Waals surface area (Å²) < 4.78 is 4.88. The molecule has 0 fully saturated rings. The van der Waals surface area contributed by atoms with Crippen LogP contribution in [0.1, 0.15) is 4.88 Å². The highest BCUT2D eigenvalue weighted by Gasteiger charge is 2.08. The van der Waals surface area contributed by atoms with E-state index in [0.717, 1.165) is 24.4 Å². The van der Waals surface area contributed by atoms with E-state index in [2.05, 4.69) is 5.32 Å². The zero-order valence-electron chi connectivity index (χ0n) is 8.56. The Morgan fingerprint density at radius 3 is 2.93 bits per heavy atom. The number of rotatable bonds is 7. The van der Waals surface area contributed by atoms with Gasteiger partial charge in [-0.2, -0.15) is 0 Å². The van der Waals surface area contributed by atoms with Gasteiger partial charge in [-0.1, -0.05) is 11.3 Å². The highest BCUT2D eigenvalue weighted by molar-refractivity contribution is 7.15. The molecule has 0 unspecified atom stereocenters. The molecule has 1 N–H and O–H groups in total. The maximum atomic E-state index is 10.4. The summed E-state index contributed by atoms with van der Waals surface area (Å²) in [6.45, 7) is 2.32. The number of nitro groups is 1. The fraction of sp³-hybridized carbons (Fsp3) is 0.556. The SMILES string of the molecule is COCCNCCc1ccc([N+](=O)[O-])s1. The molecule has 1 heterocycles. The molecule has 1 aromatic heterocycles. The maximum absolute atomic E-state index is 10.4. The predicted octanol–water partition coefficient (Wildman–Crippen LogP) is 1.43. The van der Waals surface area contributed by atoms with Gasteiger partial charge in [-0.15, -0.1) is 0 Å². The van der Waals surface area contributed by atoms with E-state index in [1.807, 2.05) is 0 Å². The summed E-state index contributed by atoms with van der Waals surface area (Å²) in [7, 11) is 1.66. The van der Waals surface area contributed by atoms with Crippen LogP contribution in [0.2, 0.25) is 0 Å². The minimum Gasteiger partial charge on any atom is -0.383 e. The molecule has 0 bridgehead atoms. The molecule has 6 heteroatoms. The van der Waals surface area contributed by atoms with E-state index in [4.69, 9.17) is 4.74 Å². The molecule has 1 rings (SSSR count). The van der Waals surface area contributed by atoms with Crippen LogP contribution in [0.5, 0.6) is 0 Å². The normalized spacial score (nSPS) is 10.5. The Morgan fingerprint density at radius 1 is 1.53 bits per heavy atom. The lowest BCUT2D eigenvalue weighted by atomic mass is 10.3. The monoisotopic (exact) mass is 230 g/mol. The Morgan fingerprint density at radius 2 is 2.33 bits per heavy atom. The van der Waals surface area contributed by atoms with E-state index in [0.29, 0.717) is 6.61 Å². The highest BCUT2D eigenvalue weighted by Crippen LogP contribution is 2.23. The van der Waals surface area contributed by atoms with Gasteiger partial charge in [0, 0.05) is 31.1 Å². The molecule has 0 saturated heterocycles. The van der Waals surface area contributed by atoms with Crippen molar-refractivity contribution in [3.05, 3.63) is 27.1 Å². The van der Waals surface area contributed by atoms with Crippen LogP contribution in [0.3, 0.4) is 0 Å². The highest BCUT2D eigenvalue weighted by atomic mass is 32.1. The average molecular weight is 230 g/mol. The number of methoxy groups -OCH3 is 1. The van der Waals surface area contributed by atoms with Crippen LogP contribution in [0, 0.1) is 10.1 Å². The van der Waals surface area contributed by atoms with Crippen molar-refractivity contribution in [2.24, 2.45) is 0 Å². The molecule has 0 amide bonds. The molecule has 1 aromatic rings. The van der Waals surface area contributed by atoms with Crippen LogP contribution in [0.4, 0.5) is 5.00 Å². The van der Waals surface area contributed by atoms with E-state index >= 15 is 0 Å². The van der Waals surface area contributed by atoms with E-state index in [-0.39, 0.29) is 9.92 Å². The standard InChI is InChI=1S/C9H14N2O3S/c1-14-7-6-10-5-4-8-2-3-9(15-8)11(12)13/h2-3,10H,4-7H2,1H3. The van der Waals surface area contributed by atoms with Crippen LogP contribution in [-0.2, 0) is 11.2 Å². The molecular weight excluding hydrogens is 216 g/mol. The fourth-order valence-corrected chi connectivity index (χ4v) is 1.93. The lowest BCUT2D eigenvalue weighted by Gasteiger charge is -2.01. The van der Waals surface area contributed by atoms with Gasteiger partial charge in [0.15, 0.2) is 0 Å². The third-order valence-electron chi connectivity index (χ3n) is 1.86. The van der Waals surface area contributed by atoms with Crippen molar-refractivity contribution in [1.29, 1.82) is 0 Å². The number of thiophene rings is 1. The molecule has 0 aromatic carbocycles. The van der Waals surface area contributed by atoms with Crippen molar-refractivity contribution < 1.29 is 9.66 Å². The van der Waals surface area contributed by atoms with Crippen LogP contribution in [0.25, 0.3) is 0 Å². The molecule has 0 saturated carbocycles. The quantitative estimate of drug-likeness (QED) is 0.437. The van der Waals surface area contributed by atoms with Crippen molar-refractivity contribution in [2.45, 2.75) is 6.42 Å². The molecular formula is C9H14N2O3S. The van der Waals surface area contributed by atoms with Crippen molar-refractivity contribution in [3.63, 3.8) is 0 Å². The summed E-state index contributed by atoms with van der Waals surface area (Å²) in [5.41, 5.74) is 0. The Labute approximate surface area is 92.2 Å². The maximum Gasteiger partial charge on any atom is 0.324 e. The summed E-state index contributed by atoms with van der Waals surface area (Å²) in [5, 5.41) is 13.8. The Balaban J connectivity index is 2.23. The number of nitrogens with one attached hydrogen (secondary N) is 1. The number of ether oxygens (including phenoxy) is 1. The fourth-order valence-electron chi connectivity index (χ4n) is 1.11. The zero-order chi connectivity index (χ0) is 11.1. The molecule has 5 nitrogen and oxygen atoms in total. The second-order valence-electron chi connectivity index (χ2n) is 2.99. The predicted molar refractivity (Wildman–Crippen MR) is 59.4 cm³/mol. The largest absolute Gasteiger partial charge is 0.383 e. The lowest BCUT2D eigenvalue weighted by molar-refractivity contribution is -0.380. The van der Waals surface area contributed by atoms with Gasteiger partial charge in [0.25, 0.3) is 0 Å². The van der Waals surface area contributed by atoms with E-state index in [1.54, 1.807) is 19.2 Å². The van der Waals surface area contributed by atoms with Crippen LogP contribution in [0.15, 0.2) is 12.1 Å². The summed E-state index contributed by atoms with van der Waals surface area (Å²) in [6.07, 6.45) is 0.822. The van der Waals surface area contributed by atoms with Gasteiger partial charge in [0.2, 0.25) is 0 Å². The zero-order valence-corrected chi connectivity index (χ0v) is 9.38. The minimum atomic E-state index is -0.355. The van der Waals surface area contributed by atoms with Gasteiger partial charge in [-0.05, 0) is 12.5 Å². The molecule has 84 valence electrons. The second kappa shape index (κ2) is 6.49. The average Bonchev–Trinajstić information content (AvgIpc) is 2.66. The topological polar surface area (TPSA) is 64.4 Å². The second-order valence-corrected chi connectivity index (χ2v) is 4.14. The number of hydrogen-bond acceptors (Lipinski definition) is 5. The van der Waals surface area contributed by atoms with Crippen molar-refractivity contribution >= 4 is 16.3 Å². The van der Waals surface area contributed by atoms with Gasteiger partial charge in [-0.25, -0.2) is 0 Å². The summed E-state index contributed by atoms with van der Waals surface area (Å²) in [5.74, 6) is 0. The van der Waals surface area contributed by atoms with Crippen LogP contribution < -0.4 is 5.32 Å². The van der Waals surface area contributed by atoms with Crippen molar-refractivity contribution in [2.75, 3.05) is 26.8 Å². The van der Waals surface area contributed by atoms with Crippen LogP contribution >= 0.6 is 11.3 Å². The first-order valence-corrected chi connectivity index (χ1v) is 5.48. The molecule has 15 heavy (non-hydrogen) atoms. The van der Waals surface area contributed by atoms with E-state index in [1.165, 1.54) is 11.3 Å². The third-order valence-corrected chi connectivity index (χ3v) is 2.96. The first kappa shape index (κ1) is 12.1. The van der Waals surface area contributed by atoms with Crippen molar-refractivity contribution in [1.82, 2.24) is 5.32 Å². The molecule has 0 spiro atoms. The first-order valence-electron chi connectivity index (χ1n) is 4.67. The van der Waals surface area contributed by atoms with Gasteiger partial charge in [0.1, 0.15) is 0 Å². The summed E-state index contributed by atoms with van der Waals surface area (Å²) in [4.78, 5) is 11.1. The minimum absolute atomic E-state index is 0.210. The summed E-state index contributed by atoms with van der Waals surface area (Å²) >= 11 is 1.23. The Bertz CT molecular complexity index is 314. The van der Waals surface area contributed by atoms with E-state index < -0.39 is 0 Å².